The summed E-state index contributed by atoms with van der Waals surface area (Å²) in [7, 11) is 1.70. The quantitative estimate of drug-likeness (QED) is 0.700. The van der Waals surface area contributed by atoms with Crippen LogP contribution >= 0.6 is 0 Å². The lowest BCUT2D eigenvalue weighted by atomic mass is 9.87. The Morgan fingerprint density at radius 1 is 1.17 bits per heavy atom. The Morgan fingerprint density at radius 3 is 2.70 bits per heavy atom. The van der Waals surface area contributed by atoms with Gasteiger partial charge < -0.3 is 10.1 Å². The maximum atomic E-state index is 12.8. The van der Waals surface area contributed by atoms with Crippen LogP contribution in [-0.2, 0) is 24.1 Å². The largest absolute Gasteiger partial charge is 0.497 e. The van der Waals surface area contributed by atoms with Gasteiger partial charge in [0.1, 0.15) is 5.75 Å². The molecule has 30 heavy (non-hydrogen) atoms. The molecule has 4 rings (SSSR count). The molecule has 1 heterocycles. The third kappa shape index (κ3) is 4.66. The van der Waals surface area contributed by atoms with Crippen LogP contribution in [0.25, 0.3) is 11.3 Å². The van der Waals surface area contributed by atoms with Gasteiger partial charge in [-0.1, -0.05) is 33.1 Å². The van der Waals surface area contributed by atoms with E-state index < -0.39 is 0 Å². The molecule has 0 bridgehead atoms. The molecule has 1 aromatic heterocycles. The summed E-state index contributed by atoms with van der Waals surface area (Å²) in [5, 5.41) is 3.12. The Bertz CT molecular complexity index is 917. The molecule has 2 aliphatic rings. The molecule has 0 unspecified atom stereocenters. The van der Waals surface area contributed by atoms with Crippen molar-refractivity contribution >= 4 is 11.7 Å². The summed E-state index contributed by atoms with van der Waals surface area (Å²) >= 11 is 0. The lowest BCUT2D eigenvalue weighted by molar-refractivity contribution is -0.117. The van der Waals surface area contributed by atoms with Crippen molar-refractivity contribution in [2.75, 3.05) is 12.4 Å². The Labute approximate surface area is 179 Å². The summed E-state index contributed by atoms with van der Waals surface area (Å²) in [6, 6.07) is 6.17. The number of hydrogen-bond acceptors (Lipinski definition) is 4. The lowest BCUT2D eigenvalue weighted by Crippen LogP contribution is -2.22. The van der Waals surface area contributed by atoms with Crippen molar-refractivity contribution in [1.29, 1.82) is 0 Å². The van der Waals surface area contributed by atoms with E-state index in [4.69, 9.17) is 14.7 Å². The summed E-state index contributed by atoms with van der Waals surface area (Å²) in [5.74, 6) is 2.58. The molecule has 5 nitrogen and oxygen atoms in total. The SMILES string of the molecule is COc1ccc2c(c1)CCc1nc(NC(=O)CC3CCCCC3)c(CC(C)C)nc1-2. The van der Waals surface area contributed by atoms with Crippen LogP contribution in [0.2, 0.25) is 0 Å². The van der Waals surface area contributed by atoms with Crippen molar-refractivity contribution in [3.05, 3.63) is 35.2 Å². The number of hydrogen-bond donors (Lipinski definition) is 1. The predicted molar refractivity (Wildman–Crippen MR) is 120 cm³/mol. The van der Waals surface area contributed by atoms with Crippen molar-refractivity contribution in [3.8, 4) is 17.0 Å². The van der Waals surface area contributed by atoms with Crippen LogP contribution < -0.4 is 10.1 Å². The molecule has 5 heteroatoms. The highest BCUT2D eigenvalue weighted by molar-refractivity contribution is 5.90. The fourth-order valence-corrected chi connectivity index (χ4v) is 4.75. The number of fused-ring (bicyclic) bond motifs is 3. The number of nitrogens with one attached hydrogen (secondary N) is 1. The Morgan fingerprint density at radius 2 is 1.97 bits per heavy atom. The first-order chi connectivity index (χ1) is 14.5. The molecule has 0 spiro atoms. The molecule has 0 saturated heterocycles. The zero-order valence-electron chi connectivity index (χ0n) is 18.5. The van der Waals surface area contributed by atoms with E-state index in [2.05, 4.69) is 31.3 Å². The van der Waals surface area contributed by atoms with Crippen LogP contribution in [0.15, 0.2) is 18.2 Å². The van der Waals surface area contributed by atoms with Gasteiger partial charge in [0.05, 0.1) is 24.2 Å². The molecule has 1 amide bonds. The normalized spacial score (nSPS) is 16.1. The number of methoxy groups -OCH3 is 1. The number of carbonyl (C=O) groups excluding carboxylic acids is 1. The van der Waals surface area contributed by atoms with Crippen molar-refractivity contribution < 1.29 is 9.53 Å². The third-order valence-electron chi connectivity index (χ3n) is 6.30. The Balaban J connectivity index is 1.61. The molecule has 1 saturated carbocycles. The second kappa shape index (κ2) is 9.15. The van der Waals surface area contributed by atoms with Crippen molar-refractivity contribution in [1.82, 2.24) is 9.97 Å². The molecular formula is C25H33N3O2. The molecule has 1 aromatic carbocycles. The minimum atomic E-state index is 0.0853. The second-order valence-corrected chi connectivity index (χ2v) is 9.19. The van der Waals surface area contributed by atoms with Crippen molar-refractivity contribution in [2.24, 2.45) is 11.8 Å². The number of ether oxygens (including phenoxy) is 1. The number of rotatable bonds is 6. The van der Waals surface area contributed by atoms with Crippen LogP contribution in [0.1, 0.15) is 69.3 Å². The minimum Gasteiger partial charge on any atom is -0.497 e. The van der Waals surface area contributed by atoms with Crippen LogP contribution in [0.3, 0.4) is 0 Å². The summed E-state index contributed by atoms with van der Waals surface area (Å²) in [5.41, 5.74) is 5.22. The van der Waals surface area contributed by atoms with E-state index in [1.165, 1.54) is 37.7 Å². The van der Waals surface area contributed by atoms with E-state index in [1.807, 2.05) is 6.07 Å². The van der Waals surface area contributed by atoms with Gasteiger partial charge in [-0.05, 0) is 67.7 Å². The van der Waals surface area contributed by atoms with Crippen molar-refractivity contribution in [2.45, 2.75) is 71.6 Å². The summed E-state index contributed by atoms with van der Waals surface area (Å²) in [4.78, 5) is 22.7. The maximum absolute atomic E-state index is 12.8. The molecule has 1 N–H and O–H groups in total. The molecule has 0 radical (unpaired) electrons. The van der Waals surface area contributed by atoms with Gasteiger partial charge in [0.25, 0.3) is 0 Å². The predicted octanol–water partition coefficient (Wildman–Crippen LogP) is 5.36. The Kier molecular flexibility index (Phi) is 6.35. The van der Waals surface area contributed by atoms with E-state index in [0.29, 0.717) is 24.1 Å². The van der Waals surface area contributed by atoms with Gasteiger partial charge in [-0.15, -0.1) is 0 Å². The van der Waals surface area contributed by atoms with Crippen molar-refractivity contribution in [3.63, 3.8) is 0 Å². The first-order valence-electron chi connectivity index (χ1n) is 11.4. The molecule has 2 aliphatic carbocycles. The van der Waals surface area contributed by atoms with Crippen LogP contribution in [-0.4, -0.2) is 23.0 Å². The first kappa shape index (κ1) is 20.8. The molecule has 160 valence electrons. The zero-order chi connectivity index (χ0) is 21.1. The van der Waals surface area contributed by atoms with Gasteiger partial charge in [-0.2, -0.15) is 0 Å². The molecule has 0 aliphatic heterocycles. The minimum absolute atomic E-state index is 0.0853. The number of aryl methyl sites for hydroxylation is 2. The first-order valence-corrected chi connectivity index (χ1v) is 11.4. The summed E-state index contributed by atoms with van der Waals surface area (Å²) in [6.45, 7) is 4.35. The molecule has 2 aromatic rings. The van der Waals surface area contributed by atoms with Gasteiger partial charge in [0.2, 0.25) is 5.91 Å². The van der Waals surface area contributed by atoms with E-state index in [1.54, 1.807) is 7.11 Å². The van der Waals surface area contributed by atoms with Gasteiger partial charge in [-0.3, -0.25) is 4.79 Å². The number of amides is 1. The monoisotopic (exact) mass is 407 g/mol. The summed E-state index contributed by atoms with van der Waals surface area (Å²) in [6.07, 6.45) is 9.28. The van der Waals surface area contributed by atoms with Crippen LogP contribution in [0.4, 0.5) is 5.82 Å². The van der Waals surface area contributed by atoms with Gasteiger partial charge in [0, 0.05) is 12.0 Å². The third-order valence-corrected chi connectivity index (χ3v) is 6.30. The fraction of sp³-hybridized carbons (Fsp3) is 0.560. The molecular weight excluding hydrogens is 374 g/mol. The second-order valence-electron chi connectivity index (χ2n) is 9.19. The fourth-order valence-electron chi connectivity index (χ4n) is 4.75. The van der Waals surface area contributed by atoms with E-state index in [0.717, 1.165) is 47.7 Å². The summed E-state index contributed by atoms with van der Waals surface area (Å²) < 4.78 is 5.39. The number of carbonyl (C=O) groups is 1. The molecule has 1 fully saturated rings. The topological polar surface area (TPSA) is 64.1 Å². The van der Waals surface area contributed by atoms with E-state index in [9.17, 15) is 4.79 Å². The highest BCUT2D eigenvalue weighted by atomic mass is 16.5. The van der Waals surface area contributed by atoms with Gasteiger partial charge in [-0.25, -0.2) is 9.97 Å². The number of aromatic nitrogens is 2. The Hall–Kier alpha value is -2.43. The van der Waals surface area contributed by atoms with Gasteiger partial charge >= 0.3 is 0 Å². The highest BCUT2D eigenvalue weighted by Gasteiger charge is 2.24. The maximum Gasteiger partial charge on any atom is 0.225 e. The number of nitrogens with zero attached hydrogens (tertiary/aromatic N) is 2. The van der Waals surface area contributed by atoms with E-state index >= 15 is 0 Å². The number of benzene rings is 1. The van der Waals surface area contributed by atoms with Gasteiger partial charge in [0.15, 0.2) is 5.82 Å². The van der Waals surface area contributed by atoms with Crippen LogP contribution in [0, 0.1) is 11.8 Å². The van der Waals surface area contributed by atoms with E-state index in [-0.39, 0.29) is 5.91 Å². The zero-order valence-corrected chi connectivity index (χ0v) is 18.5. The average molecular weight is 408 g/mol. The lowest BCUT2D eigenvalue weighted by Gasteiger charge is -2.23. The standard InChI is InChI=1S/C25H33N3O2/c1-16(2)13-22-25(28-23(29)14-17-7-5-4-6-8-17)27-21-12-9-18-15-19(30-3)10-11-20(18)24(21)26-22/h10-11,15-17H,4-9,12-14H2,1-3H3,(H,27,28,29). The van der Waals surface area contributed by atoms with Crippen LogP contribution in [0.5, 0.6) is 5.75 Å². The highest BCUT2D eigenvalue weighted by Crippen LogP contribution is 2.35. The molecule has 0 atom stereocenters. The number of anilines is 1. The smallest absolute Gasteiger partial charge is 0.225 e. The average Bonchev–Trinajstić information content (AvgIpc) is 2.74.